The molecule has 1 aromatic rings. The molecule has 0 radical (unpaired) electrons. The van der Waals surface area contributed by atoms with Crippen molar-refractivity contribution in [2.45, 2.75) is 12.5 Å². The van der Waals surface area contributed by atoms with Crippen LogP contribution in [0.3, 0.4) is 0 Å². The molecule has 2 N–H and O–H groups in total. The van der Waals surface area contributed by atoms with Crippen molar-refractivity contribution in [2.75, 3.05) is 6.54 Å². The molecule has 3 nitrogen and oxygen atoms in total. The lowest BCUT2D eigenvalue weighted by atomic mass is 10.1. The van der Waals surface area contributed by atoms with Gasteiger partial charge in [0, 0.05) is 13.0 Å². The Morgan fingerprint density at radius 1 is 1.38 bits per heavy atom. The molecule has 2 rings (SSSR count). The zero-order valence-electron chi connectivity index (χ0n) is 7.31. The van der Waals surface area contributed by atoms with Gasteiger partial charge in [0.15, 0.2) is 0 Å². The van der Waals surface area contributed by atoms with Gasteiger partial charge < -0.3 is 10.6 Å². The fourth-order valence-corrected chi connectivity index (χ4v) is 1.36. The lowest BCUT2D eigenvalue weighted by Gasteiger charge is -2.01. The molecule has 0 fully saturated rings. The standard InChI is InChI=1S/C10H12N2O/c11-7-9-6-10(12-13-9)8-4-2-1-3-5-8/h1-5,9H,6-7,11H2. The summed E-state index contributed by atoms with van der Waals surface area (Å²) in [6, 6.07) is 10.0. The first kappa shape index (κ1) is 8.26. The van der Waals surface area contributed by atoms with Crippen LogP contribution in [0.25, 0.3) is 0 Å². The molecule has 0 aromatic heterocycles. The van der Waals surface area contributed by atoms with E-state index in [1.807, 2.05) is 30.3 Å². The van der Waals surface area contributed by atoms with Crippen LogP contribution in [-0.2, 0) is 4.84 Å². The van der Waals surface area contributed by atoms with Crippen molar-refractivity contribution < 1.29 is 4.84 Å². The molecule has 1 heterocycles. The van der Waals surface area contributed by atoms with E-state index in [-0.39, 0.29) is 6.10 Å². The quantitative estimate of drug-likeness (QED) is 0.734. The monoisotopic (exact) mass is 176 g/mol. The van der Waals surface area contributed by atoms with Gasteiger partial charge in [-0.05, 0) is 5.56 Å². The summed E-state index contributed by atoms with van der Waals surface area (Å²) in [6.07, 6.45) is 0.885. The Labute approximate surface area is 77.2 Å². The molecule has 0 saturated carbocycles. The molecule has 1 atom stereocenters. The summed E-state index contributed by atoms with van der Waals surface area (Å²) < 4.78 is 0. The van der Waals surface area contributed by atoms with Gasteiger partial charge >= 0.3 is 0 Å². The first-order chi connectivity index (χ1) is 6.40. The lowest BCUT2D eigenvalue weighted by molar-refractivity contribution is 0.0918. The molecule has 0 saturated heterocycles. The van der Waals surface area contributed by atoms with Crippen molar-refractivity contribution in [3.8, 4) is 0 Å². The third kappa shape index (κ3) is 1.70. The van der Waals surface area contributed by atoms with Crippen LogP contribution in [-0.4, -0.2) is 18.4 Å². The second-order valence-electron chi connectivity index (χ2n) is 3.07. The van der Waals surface area contributed by atoms with Gasteiger partial charge in [0.25, 0.3) is 0 Å². The summed E-state index contributed by atoms with van der Waals surface area (Å²) in [7, 11) is 0. The van der Waals surface area contributed by atoms with Crippen LogP contribution < -0.4 is 5.73 Å². The summed E-state index contributed by atoms with van der Waals surface area (Å²) in [5.41, 5.74) is 7.60. The molecule has 13 heavy (non-hydrogen) atoms. The fraction of sp³-hybridized carbons (Fsp3) is 0.300. The SMILES string of the molecule is NCC1CC(c2ccccc2)=NO1. The van der Waals surface area contributed by atoms with Crippen molar-refractivity contribution in [1.29, 1.82) is 0 Å². The maximum absolute atomic E-state index is 5.48. The fourth-order valence-electron chi connectivity index (χ4n) is 1.36. The average molecular weight is 176 g/mol. The van der Waals surface area contributed by atoms with Crippen LogP contribution in [0.15, 0.2) is 35.5 Å². The number of nitrogens with zero attached hydrogens (tertiary/aromatic N) is 1. The number of hydrogen-bond donors (Lipinski definition) is 1. The Morgan fingerprint density at radius 3 is 2.77 bits per heavy atom. The zero-order chi connectivity index (χ0) is 9.10. The molecule has 1 aliphatic heterocycles. The van der Waals surface area contributed by atoms with Crippen LogP contribution in [0.2, 0.25) is 0 Å². The second kappa shape index (κ2) is 3.58. The Bertz CT molecular complexity index is 308. The minimum atomic E-state index is 0.0650. The van der Waals surface area contributed by atoms with E-state index in [9.17, 15) is 0 Å². The Morgan fingerprint density at radius 2 is 2.15 bits per heavy atom. The molecule has 1 aliphatic rings. The summed E-state index contributed by atoms with van der Waals surface area (Å²) >= 11 is 0. The largest absolute Gasteiger partial charge is 0.390 e. The van der Waals surface area contributed by atoms with Crippen LogP contribution in [0.4, 0.5) is 0 Å². The van der Waals surface area contributed by atoms with Crippen molar-refractivity contribution in [3.05, 3.63) is 35.9 Å². The zero-order valence-corrected chi connectivity index (χ0v) is 7.31. The highest BCUT2D eigenvalue weighted by atomic mass is 16.6. The van der Waals surface area contributed by atoms with Crippen molar-refractivity contribution >= 4 is 5.71 Å². The minimum Gasteiger partial charge on any atom is -0.390 e. The Kier molecular flexibility index (Phi) is 2.27. The second-order valence-corrected chi connectivity index (χ2v) is 3.07. The predicted molar refractivity (Wildman–Crippen MR) is 51.5 cm³/mol. The van der Waals surface area contributed by atoms with Crippen LogP contribution >= 0.6 is 0 Å². The molecule has 68 valence electrons. The van der Waals surface area contributed by atoms with Gasteiger partial charge in [0.2, 0.25) is 0 Å². The van der Waals surface area contributed by atoms with Crippen LogP contribution in [0.1, 0.15) is 12.0 Å². The molecule has 0 amide bonds. The summed E-state index contributed by atoms with van der Waals surface area (Å²) in [5.74, 6) is 0. The van der Waals surface area contributed by atoms with E-state index in [0.29, 0.717) is 6.54 Å². The highest BCUT2D eigenvalue weighted by Crippen LogP contribution is 2.15. The van der Waals surface area contributed by atoms with Gasteiger partial charge in [-0.1, -0.05) is 35.5 Å². The van der Waals surface area contributed by atoms with Crippen LogP contribution in [0, 0.1) is 0 Å². The van der Waals surface area contributed by atoms with Gasteiger partial charge in [-0.2, -0.15) is 0 Å². The molecule has 0 spiro atoms. The number of oxime groups is 1. The van der Waals surface area contributed by atoms with E-state index in [1.165, 1.54) is 0 Å². The third-order valence-electron chi connectivity index (χ3n) is 2.10. The van der Waals surface area contributed by atoms with E-state index in [2.05, 4.69) is 5.16 Å². The number of benzene rings is 1. The van der Waals surface area contributed by atoms with Gasteiger partial charge in [-0.3, -0.25) is 0 Å². The average Bonchev–Trinajstić information content (AvgIpc) is 2.67. The topological polar surface area (TPSA) is 47.6 Å². The van der Waals surface area contributed by atoms with Gasteiger partial charge in [-0.15, -0.1) is 0 Å². The van der Waals surface area contributed by atoms with Crippen molar-refractivity contribution in [2.24, 2.45) is 10.9 Å². The molecule has 0 aliphatic carbocycles. The molecule has 1 unspecified atom stereocenters. The van der Waals surface area contributed by atoms with Crippen LogP contribution in [0.5, 0.6) is 0 Å². The smallest absolute Gasteiger partial charge is 0.145 e. The molecular formula is C10H12N2O. The van der Waals surface area contributed by atoms with E-state index >= 15 is 0 Å². The Balaban J connectivity index is 2.12. The van der Waals surface area contributed by atoms with E-state index < -0.39 is 0 Å². The minimum absolute atomic E-state index is 0.0650. The van der Waals surface area contributed by atoms with Gasteiger partial charge in [0.1, 0.15) is 6.10 Å². The summed E-state index contributed by atoms with van der Waals surface area (Å²) in [5, 5.41) is 3.99. The van der Waals surface area contributed by atoms with E-state index in [1.54, 1.807) is 0 Å². The number of rotatable bonds is 2. The first-order valence-corrected chi connectivity index (χ1v) is 4.38. The number of nitrogens with two attached hydrogens (primary N) is 1. The maximum Gasteiger partial charge on any atom is 0.145 e. The normalized spacial score (nSPS) is 21.0. The highest BCUT2D eigenvalue weighted by molar-refractivity contribution is 6.01. The lowest BCUT2D eigenvalue weighted by Crippen LogP contribution is -2.19. The van der Waals surface area contributed by atoms with Crippen molar-refractivity contribution in [3.63, 3.8) is 0 Å². The van der Waals surface area contributed by atoms with Gasteiger partial charge in [0.05, 0.1) is 5.71 Å². The predicted octanol–water partition coefficient (Wildman–Crippen LogP) is 1.14. The summed E-state index contributed by atoms with van der Waals surface area (Å²) in [4.78, 5) is 5.13. The summed E-state index contributed by atoms with van der Waals surface area (Å²) in [6.45, 7) is 0.528. The molecule has 0 bridgehead atoms. The van der Waals surface area contributed by atoms with E-state index in [0.717, 1.165) is 17.7 Å². The Hall–Kier alpha value is -1.35. The van der Waals surface area contributed by atoms with Gasteiger partial charge in [-0.25, -0.2) is 0 Å². The highest BCUT2D eigenvalue weighted by Gasteiger charge is 2.19. The third-order valence-corrected chi connectivity index (χ3v) is 2.10. The number of hydrogen-bond acceptors (Lipinski definition) is 3. The molecule has 3 heteroatoms. The molecule has 1 aromatic carbocycles. The maximum atomic E-state index is 5.48. The molecular weight excluding hydrogens is 164 g/mol. The first-order valence-electron chi connectivity index (χ1n) is 4.38. The van der Waals surface area contributed by atoms with E-state index in [4.69, 9.17) is 10.6 Å². The van der Waals surface area contributed by atoms with Crippen molar-refractivity contribution in [1.82, 2.24) is 0 Å².